The van der Waals surface area contributed by atoms with E-state index in [4.69, 9.17) is 5.84 Å². The first-order chi connectivity index (χ1) is 6.46. The largest absolute Gasteiger partial charge is 0.417 e. The number of hydrogen-bond acceptors (Lipinski definition) is 2. The van der Waals surface area contributed by atoms with Crippen LogP contribution in [0, 0.1) is 3.57 Å². The first kappa shape index (κ1) is 11.3. The van der Waals surface area contributed by atoms with Gasteiger partial charge in [-0.1, -0.05) is 6.07 Å². The van der Waals surface area contributed by atoms with Gasteiger partial charge in [0.15, 0.2) is 0 Å². The number of hydrazone groups is 1. The van der Waals surface area contributed by atoms with Gasteiger partial charge in [0, 0.05) is 9.13 Å². The number of nitrogens with zero attached hydrogens (tertiary/aromatic N) is 1. The summed E-state index contributed by atoms with van der Waals surface area (Å²) >= 11 is 1.80. The summed E-state index contributed by atoms with van der Waals surface area (Å²) in [6.45, 7) is 0. The molecule has 2 N–H and O–H groups in total. The molecule has 1 aromatic rings. The van der Waals surface area contributed by atoms with Crippen LogP contribution in [0.4, 0.5) is 13.2 Å². The Balaban J connectivity index is 3.36. The first-order valence-electron chi connectivity index (χ1n) is 3.56. The van der Waals surface area contributed by atoms with Gasteiger partial charge in [0.25, 0.3) is 0 Å². The van der Waals surface area contributed by atoms with Crippen molar-refractivity contribution in [2.24, 2.45) is 10.9 Å². The smallest absolute Gasteiger partial charge is 0.323 e. The third kappa shape index (κ3) is 2.37. The molecule has 0 aliphatic carbocycles. The van der Waals surface area contributed by atoms with Gasteiger partial charge >= 0.3 is 6.18 Å². The molecule has 0 saturated heterocycles. The van der Waals surface area contributed by atoms with Crippen molar-refractivity contribution in [2.75, 3.05) is 0 Å². The molecule has 0 aromatic heterocycles. The summed E-state index contributed by atoms with van der Waals surface area (Å²) in [6.07, 6.45) is -3.37. The van der Waals surface area contributed by atoms with Crippen molar-refractivity contribution in [3.05, 3.63) is 32.9 Å². The molecule has 1 aromatic carbocycles. The maximum atomic E-state index is 12.4. The van der Waals surface area contributed by atoms with Gasteiger partial charge in [-0.15, -0.1) is 0 Å². The topological polar surface area (TPSA) is 38.4 Å². The van der Waals surface area contributed by atoms with E-state index >= 15 is 0 Å². The summed E-state index contributed by atoms with van der Waals surface area (Å²) in [5.74, 6) is 4.84. The number of nitrogens with two attached hydrogens (primary N) is 1. The lowest BCUT2D eigenvalue weighted by Gasteiger charge is -2.10. The zero-order valence-corrected chi connectivity index (χ0v) is 9.00. The van der Waals surface area contributed by atoms with Crippen molar-refractivity contribution in [3.8, 4) is 0 Å². The van der Waals surface area contributed by atoms with Gasteiger partial charge in [0.05, 0.1) is 11.8 Å². The molecule has 0 unspecified atom stereocenters. The molecular weight excluding hydrogens is 308 g/mol. The highest BCUT2D eigenvalue weighted by atomic mass is 127. The lowest BCUT2D eigenvalue weighted by Crippen LogP contribution is -2.10. The van der Waals surface area contributed by atoms with Crippen LogP contribution < -0.4 is 5.84 Å². The van der Waals surface area contributed by atoms with Crippen LogP contribution in [0.25, 0.3) is 0 Å². The molecule has 6 heteroatoms. The minimum absolute atomic E-state index is 0.00287. The van der Waals surface area contributed by atoms with E-state index in [2.05, 4.69) is 5.10 Å². The average Bonchev–Trinajstić information content (AvgIpc) is 2.07. The summed E-state index contributed by atoms with van der Waals surface area (Å²) in [5.41, 5.74) is -0.721. The van der Waals surface area contributed by atoms with Gasteiger partial charge in [0.2, 0.25) is 0 Å². The van der Waals surface area contributed by atoms with Crippen LogP contribution in [0.1, 0.15) is 11.1 Å². The minimum atomic E-state index is -4.38. The van der Waals surface area contributed by atoms with Gasteiger partial charge in [-0.25, -0.2) is 0 Å². The van der Waals surface area contributed by atoms with Crippen LogP contribution in [-0.2, 0) is 6.18 Å². The molecular formula is C8H6F3IN2. The maximum absolute atomic E-state index is 12.4. The molecule has 2 nitrogen and oxygen atoms in total. The monoisotopic (exact) mass is 314 g/mol. The van der Waals surface area contributed by atoms with Gasteiger partial charge in [-0.05, 0) is 34.7 Å². The van der Waals surface area contributed by atoms with E-state index in [-0.39, 0.29) is 5.56 Å². The van der Waals surface area contributed by atoms with Crippen molar-refractivity contribution in [1.82, 2.24) is 0 Å². The lowest BCUT2D eigenvalue weighted by atomic mass is 10.1. The highest BCUT2D eigenvalue weighted by Crippen LogP contribution is 2.32. The summed E-state index contributed by atoms with van der Waals surface area (Å²) in [6, 6.07) is 3.91. The van der Waals surface area contributed by atoms with Crippen molar-refractivity contribution >= 4 is 28.8 Å². The van der Waals surface area contributed by atoms with Crippen LogP contribution in [0.15, 0.2) is 23.3 Å². The van der Waals surface area contributed by atoms with Crippen molar-refractivity contribution in [2.45, 2.75) is 6.18 Å². The van der Waals surface area contributed by atoms with E-state index in [1.807, 2.05) is 0 Å². The Morgan fingerprint density at radius 3 is 2.50 bits per heavy atom. The van der Waals surface area contributed by atoms with E-state index in [0.717, 1.165) is 12.3 Å². The Morgan fingerprint density at radius 1 is 1.36 bits per heavy atom. The Labute approximate surface area is 92.1 Å². The van der Waals surface area contributed by atoms with Crippen LogP contribution in [-0.4, -0.2) is 6.21 Å². The van der Waals surface area contributed by atoms with Gasteiger partial charge < -0.3 is 5.84 Å². The molecule has 1 rings (SSSR count). The van der Waals surface area contributed by atoms with Crippen molar-refractivity contribution in [1.29, 1.82) is 0 Å². The fourth-order valence-corrected chi connectivity index (χ4v) is 1.63. The molecule has 0 saturated carbocycles. The fraction of sp³-hybridized carbons (Fsp3) is 0.125. The second-order valence-electron chi connectivity index (χ2n) is 2.48. The van der Waals surface area contributed by atoms with Gasteiger partial charge in [0.1, 0.15) is 0 Å². The molecule has 0 atom stereocenters. The third-order valence-electron chi connectivity index (χ3n) is 1.56. The zero-order valence-electron chi connectivity index (χ0n) is 6.85. The van der Waals surface area contributed by atoms with E-state index < -0.39 is 11.7 Å². The van der Waals surface area contributed by atoms with Crippen LogP contribution in [0.5, 0.6) is 0 Å². The second-order valence-corrected chi connectivity index (χ2v) is 3.64. The van der Waals surface area contributed by atoms with Crippen molar-refractivity contribution < 1.29 is 13.2 Å². The lowest BCUT2D eigenvalue weighted by molar-refractivity contribution is -0.137. The number of rotatable bonds is 1. The molecule has 0 amide bonds. The van der Waals surface area contributed by atoms with Crippen LogP contribution in [0.2, 0.25) is 0 Å². The molecule has 0 bridgehead atoms. The van der Waals surface area contributed by atoms with Gasteiger partial charge in [-0.3, -0.25) is 0 Å². The van der Waals surface area contributed by atoms with Crippen molar-refractivity contribution in [3.63, 3.8) is 0 Å². The standard InChI is InChI=1S/C8H6F3IN2/c9-8(10,11)6-2-1-3-7(12)5(6)4-14-13/h1-4H,13H2. The highest BCUT2D eigenvalue weighted by molar-refractivity contribution is 14.1. The van der Waals surface area contributed by atoms with Crippen LogP contribution in [0.3, 0.4) is 0 Å². The third-order valence-corrected chi connectivity index (χ3v) is 2.50. The molecule has 0 heterocycles. The fourth-order valence-electron chi connectivity index (χ4n) is 0.990. The minimum Gasteiger partial charge on any atom is -0.323 e. The normalized spacial score (nSPS) is 12.3. The Hall–Kier alpha value is -0.790. The summed E-state index contributed by atoms with van der Waals surface area (Å²) < 4.78 is 37.8. The van der Waals surface area contributed by atoms with E-state index in [0.29, 0.717) is 3.57 Å². The second kappa shape index (κ2) is 4.16. The van der Waals surface area contributed by atoms with E-state index in [1.54, 1.807) is 28.7 Å². The Kier molecular flexibility index (Phi) is 3.35. The van der Waals surface area contributed by atoms with E-state index in [9.17, 15) is 13.2 Å². The molecule has 0 aliphatic heterocycles. The quantitative estimate of drug-likeness (QED) is 0.368. The Morgan fingerprint density at radius 2 is 2.00 bits per heavy atom. The average molecular weight is 314 g/mol. The zero-order chi connectivity index (χ0) is 10.8. The molecule has 0 spiro atoms. The number of benzene rings is 1. The first-order valence-corrected chi connectivity index (χ1v) is 4.63. The molecule has 76 valence electrons. The molecule has 0 aliphatic rings. The number of halogens is 4. The van der Waals surface area contributed by atoms with Gasteiger partial charge in [-0.2, -0.15) is 18.3 Å². The predicted molar refractivity (Wildman–Crippen MR) is 55.9 cm³/mol. The number of hydrogen-bond donors (Lipinski definition) is 1. The highest BCUT2D eigenvalue weighted by Gasteiger charge is 2.33. The summed E-state index contributed by atoms with van der Waals surface area (Å²) in [4.78, 5) is 0. The van der Waals surface area contributed by atoms with E-state index in [1.165, 1.54) is 6.07 Å². The molecule has 14 heavy (non-hydrogen) atoms. The SMILES string of the molecule is NN=Cc1c(I)cccc1C(F)(F)F. The van der Waals surface area contributed by atoms with Crippen LogP contribution >= 0.6 is 22.6 Å². The summed E-state index contributed by atoms with van der Waals surface area (Å²) in [7, 11) is 0. The maximum Gasteiger partial charge on any atom is 0.417 e. The molecule has 0 radical (unpaired) electrons. The Bertz CT molecular complexity index is 360. The molecule has 0 fully saturated rings. The number of alkyl halides is 3. The summed E-state index contributed by atoms with van der Waals surface area (Å²) in [5, 5.41) is 3.11. The predicted octanol–water partition coefficient (Wildman–Crippen LogP) is 2.60.